The number of hydrogen-bond acceptors (Lipinski definition) is 5. The van der Waals surface area contributed by atoms with E-state index in [0.29, 0.717) is 35.9 Å². The second-order valence-corrected chi connectivity index (χ2v) is 7.88. The topological polar surface area (TPSA) is 71.2 Å². The van der Waals surface area contributed by atoms with Crippen molar-refractivity contribution in [2.24, 2.45) is 5.14 Å². The Morgan fingerprint density at radius 3 is 2.35 bits per heavy atom. The van der Waals surface area contributed by atoms with Gasteiger partial charge in [0.05, 0.1) is 5.56 Å². The normalized spacial score (nSPS) is 15.5. The van der Waals surface area contributed by atoms with Crippen LogP contribution in [0.25, 0.3) is 0 Å². The van der Waals surface area contributed by atoms with Gasteiger partial charge in [-0.2, -0.15) is 22.0 Å². The molecule has 1 amide bonds. The third kappa shape index (κ3) is 5.27. The van der Waals surface area contributed by atoms with Crippen LogP contribution in [0.3, 0.4) is 0 Å². The summed E-state index contributed by atoms with van der Waals surface area (Å²) in [4.78, 5) is 19.2. The Labute approximate surface area is 180 Å². The molecule has 0 bridgehead atoms. The minimum atomic E-state index is -5.81. The molecule has 1 aliphatic rings. The Morgan fingerprint density at radius 1 is 1.06 bits per heavy atom. The Hall–Kier alpha value is -2.40. The van der Waals surface area contributed by atoms with Crippen LogP contribution in [-0.2, 0) is 5.92 Å². The largest absolute Gasteiger partial charge is 0.458 e. The SMILES string of the molecule is NSc1cccc(NC(=O)c2cc(C(F)(F)C(F)(F)F)cnc2N2CCCCCC2)c1. The van der Waals surface area contributed by atoms with Crippen LogP contribution in [0.1, 0.15) is 41.6 Å². The van der Waals surface area contributed by atoms with Crippen molar-refractivity contribution in [2.75, 3.05) is 23.3 Å². The Morgan fingerprint density at radius 2 is 1.74 bits per heavy atom. The molecular formula is C20H21F5N4OS. The van der Waals surface area contributed by atoms with Crippen molar-refractivity contribution < 1.29 is 26.7 Å². The van der Waals surface area contributed by atoms with E-state index in [9.17, 15) is 26.7 Å². The maximum absolute atomic E-state index is 13.9. The highest BCUT2D eigenvalue weighted by Crippen LogP contribution is 2.44. The predicted octanol–water partition coefficient (Wildman–Crippen LogP) is 5.33. The highest BCUT2D eigenvalue weighted by atomic mass is 32.2. The molecule has 0 saturated carbocycles. The molecule has 0 unspecified atom stereocenters. The van der Waals surface area contributed by atoms with Gasteiger partial charge in [-0.3, -0.25) is 9.93 Å². The Bertz CT molecular complexity index is 930. The zero-order valence-corrected chi connectivity index (χ0v) is 17.2. The van der Waals surface area contributed by atoms with E-state index in [1.54, 1.807) is 29.2 Å². The lowest BCUT2D eigenvalue weighted by Gasteiger charge is -2.26. The fourth-order valence-electron chi connectivity index (χ4n) is 3.34. The van der Waals surface area contributed by atoms with Gasteiger partial charge in [-0.05, 0) is 49.1 Å². The first kappa shape index (κ1) is 23.3. The number of hydrogen-bond donors (Lipinski definition) is 2. The number of nitrogens with two attached hydrogens (primary N) is 1. The molecule has 2 heterocycles. The second kappa shape index (κ2) is 9.39. The number of pyridine rings is 1. The van der Waals surface area contributed by atoms with Crippen molar-refractivity contribution in [3.05, 3.63) is 47.7 Å². The molecule has 1 fully saturated rings. The summed E-state index contributed by atoms with van der Waals surface area (Å²) in [6.07, 6.45) is -1.77. The lowest BCUT2D eigenvalue weighted by molar-refractivity contribution is -0.289. The van der Waals surface area contributed by atoms with E-state index in [1.807, 2.05) is 0 Å². The molecule has 0 spiro atoms. The van der Waals surface area contributed by atoms with Crippen molar-refractivity contribution in [2.45, 2.75) is 42.7 Å². The van der Waals surface area contributed by atoms with Gasteiger partial charge in [0.1, 0.15) is 5.82 Å². The number of anilines is 2. The molecule has 1 aliphatic heterocycles. The number of carbonyl (C=O) groups excluding carboxylic acids is 1. The molecule has 168 valence electrons. The number of alkyl halides is 5. The van der Waals surface area contributed by atoms with E-state index >= 15 is 0 Å². The van der Waals surface area contributed by atoms with Crippen molar-refractivity contribution in [3.63, 3.8) is 0 Å². The number of amides is 1. The lowest BCUT2D eigenvalue weighted by Crippen LogP contribution is -2.35. The molecule has 1 saturated heterocycles. The summed E-state index contributed by atoms with van der Waals surface area (Å²) >= 11 is 0.947. The maximum atomic E-state index is 13.9. The summed E-state index contributed by atoms with van der Waals surface area (Å²) in [5.74, 6) is -5.88. The minimum absolute atomic E-state index is 0.0884. The van der Waals surface area contributed by atoms with Crippen molar-refractivity contribution in [1.82, 2.24) is 4.98 Å². The summed E-state index contributed by atoms with van der Waals surface area (Å²) in [7, 11) is 0. The average Bonchev–Trinajstić information content (AvgIpc) is 3.02. The molecule has 31 heavy (non-hydrogen) atoms. The molecule has 5 nitrogen and oxygen atoms in total. The molecule has 0 radical (unpaired) electrons. The molecule has 1 aromatic carbocycles. The molecule has 11 heteroatoms. The lowest BCUT2D eigenvalue weighted by atomic mass is 10.1. The standard InChI is InChI=1S/C20H21F5N4OS/c21-19(22,20(23,24)25)13-10-16(17(27-12-13)29-8-3-1-2-4-9-29)18(30)28-14-6-5-7-15(11-14)31-26/h5-7,10-12H,1-4,8-9,26H2,(H,28,30). The van der Waals surface area contributed by atoms with Crippen LogP contribution in [0.5, 0.6) is 0 Å². The molecule has 0 atom stereocenters. The van der Waals surface area contributed by atoms with Gasteiger partial charge < -0.3 is 10.2 Å². The monoisotopic (exact) mass is 460 g/mol. The fraction of sp³-hybridized carbons (Fsp3) is 0.400. The van der Waals surface area contributed by atoms with Crippen molar-refractivity contribution in [1.29, 1.82) is 0 Å². The number of halogens is 5. The van der Waals surface area contributed by atoms with E-state index in [1.165, 1.54) is 0 Å². The third-order valence-corrected chi connectivity index (χ3v) is 5.49. The Balaban J connectivity index is 2.02. The van der Waals surface area contributed by atoms with Gasteiger partial charge in [0.15, 0.2) is 0 Å². The quantitative estimate of drug-likeness (QED) is 0.466. The number of rotatable bonds is 5. The Kier molecular flexibility index (Phi) is 7.05. The maximum Gasteiger partial charge on any atom is 0.458 e. The van der Waals surface area contributed by atoms with Gasteiger partial charge in [0, 0.05) is 35.4 Å². The molecule has 1 aromatic heterocycles. The zero-order valence-electron chi connectivity index (χ0n) is 16.4. The molecular weight excluding hydrogens is 439 g/mol. The van der Waals surface area contributed by atoms with Crippen LogP contribution in [-0.4, -0.2) is 30.2 Å². The molecule has 3 N–H and O–H groups in total. The van der Waals surface area contributed by atoms with E-state index in [4.69, 9.17) is 5.14 Å². The molecule has 3 rings (SSSR count). The second-order valence-electron chi connectivity index (χ2n) is 7.17. The van der Waals surface area contributed by atoms with E-state index in [0.717, 1.165) is 37.6 Å². The molecule has 2 aromatic rings. The summed E-state index contributed by atoms with van der Waals surface area (Å²) in [5.41, 5.74) is -1.39. The first-order valence-corrected chi connectivity index (χ1v) is 10.5. The van der Waals surface area contributed by atoms with E-state index in [2.05, 4.69) is 10.3 Å². The smallest absolute Gasteiger partial charge is 0.356 e. The summed E-state index contributed by atoms with van der Waals surface area (Å²) in [5, 5.41) is 8.05. The van der Waals surface area contributed by atoms with Crippen molar-refractivity contribution >= 4 is 29.4 Å². The van der Waals surface area contributed by atoms with E-state index in [-0.39, 0.29) is 11.4 Å². The van der Waals surface area contributed by atoms with Crippen LogP contribution in [0.4, 0.5) is 33.5 Å². The summed E-state index contributed by atoms with van der Waals surface area (Å²) in [6.45, 7) is 1.06. The molecule has 0 aliphatic carbocycles. The van der Waals surface area contributed by atoms with Gasteiger partial charge in [-0.25, -0.2) is 4.98 Å². The van der Waals surface area contributed by atoms with Gasteiger partial charge >= 0.3 is 12.1 Å². The zero-order chi connectivity index (χ0) is 22.6. The van der Waals surface area contributed by atoms with Gasteiger partial charge in [0.2, 0.25) is 0 Å². The fourth-order valence-corrected chi connectivity index (χ4v) is 3.69. The van der Waals surface area contributed by atoms with Crippen LogP contribution < -0.4 is 15.4 Å². The van der Waals surface area contributed by atoms with Gasteiger partial charge in [-0.1, -0.05) is 18.9 Å². The van der Waals surface area contributed by atoms with Crippen LogP contribution in [0, 0.1) is 0 Å². The minimum Gasteiger partial charge on any atom is -0.356 e. The van der Waals surface area contributed by atoms with Crippen LogP contribution in [0.2, 0.25) is 0 Å². The van der Waals surface area contributed by atoms with Crippen LogP contribution in [0.15, 0.2) is 41.4 Å². The average molecular weight is 460 g/mol. The number of benzene rings is 1. The van der Waals surface area contributed by atoms with E-state index < -0.39 is 23.6 Å². The summed E-state index contributed by atoms with van der Waals surface area (Å²) in [6, 6.07) is 7.04. The summed E-state index contributed by atoms with van der Waals surface area (Å²) < 4.78 is 66.6. The first-order valence-electron chi connectivity index (χ1n) is 9.61. The van der Waals surface area contributed by atoms with Crippen molar-refractivity contribution in [3.8, 4) is 0 Å². The predicted molar refractivity (Wildman–Crippen MR) is 109 cm³/mol. The number of nitrogens with zero attached hydrogens (tertiary/aromatic N) is 2. The van der Waals surface area contributed by atoms with Gasteiger partial charge in [-0.15, -0.1) is 0 Å². The highest BCUT2D eigenvalue weighted by molar-refractivity contribution is 7.97. The first-order chi connectivity index (χ1) is 14.6. The number of nitrogens with one attached hydrogen (secondary N) is 1. The van der Waals surface area contributed by atoms with Crippen LogP contribution >= 0.6 is 11.9 Å². The van der Waals surface area contributed by atoms with Gasteiger partial charge in [0.25, 0.3) is 5.91 Å². The third-order valence-electron chi connectivity index (χ3n) is 4.96. The number of carbonyl (C=O) groups is 1. The highest BCUT2D eigenvalue weighted by Gasteiger charge is 2.59. The number of aromatic nitrogens is 1.